The fourth-order valence-corrected chi connectivity index (χ4v) is 2.16. The van der Waals surface area contributed by atoms with Crippen LogP contribution < -0.4 is 5.73 Å². The molecule has 0 spiro atoms. The Hall–Kier alpha value is -2.40. The Balaban J connectivity index is 0.00000254. The lowest BCUT2D eigenvalue weighted by Crippen LogP contribution is -2.28. The molecular weight excluding hydrogens is 326 g/mol. The average Bonchev–Trinajstić information content (AvgIpc) is 2.61. The molecule has 0 saturated heterocycles. The van der Waals surface area contributed by atoms with Gasteiger partial charge in [-0.25, -0.2) is 0 Å². The molecular formula is C18H24ClN3O2. The summed E-state index contributed by atoms with van der Waals surface area (Å²) < 4.78 is 0. The van der Waals surface area contributed by atoms with Crippen molar-refractivity contribution in [1.82, 2.24) is 4.90 Å². The van der Waals surface area contributed by atoms with Gasteiger partial charge in [-0.3, -0.25) is 14.6 Å². The number of anilines is 1. The van der Waals surface area contributed by atoms with Crippen molar-refractivity contribution < 1.29 is 9.59 Å². The number of benzene rings is 1. The van der Waals surface area contributed by atoms with Gasteiger partial charge in [0, 0.05) is 18.3 Å². The number of carbonyl (C=O) groups excluding carboxylic acids is 2. The molecule has 0 saturated carbocycles. The van der Waals surface area contributed by atoms with Crippen LogP contribution in [0.5, 0.6) is 0 Å². The van der Waals surface area contributed by atoms with Crippen LogP contribution in [0.1, 0.15) is 48.4 Å². The zero-order valence-electron chi connectivity index (χ0n) is 14.8. The van der Waals surface area contributed by atoms with Crippen LogP contribution in [0.2, 0.25) is 5.02 Å². The number of nitrogens with two attached hydrogens (primary N) is 1. The van der Waals surface area contributed by atoms with Crippen LogP contribution >= 0.6 is 11.6 Å². The number of amides is 1. The molecule has 24 heavy (non-hydrogen) atoms. The number of nitrogens with zero attached hydrogens (tertiary/aromatic N) is 2. The van der Waals surface area contributed by atoms with Gasteiger partial charge in [-0.15, -0.1) is 0 Å². The second-order valence-corrected chi connectivity index (χ2v) is 4.94. The smallest absolute Gasteiger partial charge is 0.260 e. The van der Waals surface area contributed by atoms with Crippen molar-refractivity contribution in [1.29, 1.82) is 0 Å². The van der Waals surface area contributed by atoms with E-state index in [4.69, 9.17) is 17.3 Å². The highest BCUT2D eigenvalue weighted by molar-refractivity contribution is 6.34. The third-order valence-electron chi connectivity index (χ3n) is 3.15. The lowest BCUT2D eigenvalue weighted by molar-refractivity contribution is 0.0836. The standard InChI is InChI=1S/C16H18ClN3O2.C2H6/c1-5-6-14(10(2)19-3)20(4)16(22)15-11(9-21)12(17)7-8-13(15)18;1-2/h5-9H,3,18H2,1-2,4H3;1-2H3/b6-5-,14-10+;. The Morgan fingerprint density at radius 1 is 1.38 bits per heavy atom. The molecule has 1 aromatic carbocycles. The highest BCUT2D eigenvalue weighted by atomic mass is 35.5. The van der Waals surface area contributed by atoms with E-state index in [-0.39, 0.29) is 21.8 Å². The Morgan fingerprint density at radius 3 is 2.42 bits per heavy atom. The topological polar surface area (TPSA) is 75.8 Å². The number of likely N-dealkylation sites (N-methyl/N-ethyl adjacent to an activating group) is 1. The minimum atomic E-state index is -0.446. The van der Waals surface area contributed by atoms with E-state index < -0.39 is 5.91 Å². The summed E-state index contributed by atoms with van der Waals surface area (Å²) in [5, 5.41) is 0.177. The van der Waals surface area contributed by atoms with Crippen molar-refractivity contribution in [2.45, 2.75) is 27.7 Å². The van der Waals surface area contributed by atoms with Crippen molar-refractivity contribution in [2.24, 2.45) is 4.99 Å². The van der Waals surface area contributed by atoms with E-state index in [1.807, 2.05) is 20.8 Å². The van der Waals surface area contributed by atoms with E-state index in [1.165, 1.54) is 17.0 Å². The number of allylic oxidation sites excluding steroid dienone is 3. The van der Waals surface area contributed by atoms with Crippen LogP contribution in [0.3, 0.4) is 0 Å². The highest BCUT2D eigenvalue weighted by Crippen LogP contribution is 2.26. The van der Waals surface area contributed by atoms with Gasteiger partial charge >= 0.3 is 0 Å². The summed E-state index contributed by atoms with van der Waals surface area (Å²) in [5.41, 5.74) is 7.31. The van der Waals surface area contributed by atoms with Gasteiger partial charge in [-0.2, -0.15) is 0 Å². The Kier molecular flexibility index (Phi) is 9.35. The van der Waals surface area contributed by atoms with E-state index in [0.717, 1.165) is 0 Å². The van der Waals surface area contributed by atoms with Crippen LogP contribution in [0.4, 0.5) is 5.69 Å². The first-order chi connectivity index (χ1) is 11.4. The monoisotopic (exact) mass is 349 g/mol. The van der Waals surface area contributed by atoms with Gasteiger partial charge in [0.15, 0.2) is 6.29 Å². The molecule has 2 N–H and O–H groups in total. The largest absolute Gasteiger partial charge is 0.398 e. The Bertz CT molecular complexity index is 679. The van der Waals surface area contributed by atoms with E-state index in [2.05, 4.69) is 11.7 Å². The quantitative estimate of drug-likeness (QED) is 0.372. The van der Waals surface area contributed by atoms with Gasteiger partial charge < -0.3 is 10.6 Å². The van der Waals surface area contributed by atoms with E-state index in [9.17, 15) is 9.59 Å². The number of hydrogen-bond donors (Lipinski definition) is 1. The Labute approximate surface area is 148 Å². The van der Waals surface area contributed by atoms with Crippen LogP contribution in [-0.2, 0) is 0 Å². The van der Waals surface area contributed by atoms with Crippen molar-refractivity contribution in [2.75, 3.05) is 12.8 Å². The summed E-state index contributed by atoms with van der Waals surface area (Å²) in [6.45, 7) is 11.0. The molecule has 0 bridgehead atoms. The van der Waals surface area contributed by atoms with E-state index in [0.29, 0.717) is 17.7 Å². The Morgan fingerprint density at radius 2 is 1.96 bits per heavy atom. The average molecular weight is 350 g/mol. The third kappa shape index (κ3) is 4.80. The van der Waals surface area contributed by atoms with Crippen LogP contribution in [0.15, 0.2) is 40.7 Å². The van der Waals surface area contributed by atoms with Gasteiger partial charge in [0.05, 0.1) is 22.0 Å². The van der Waals surface area contributed by atoms with E-state index >= 15 is 0 Å². The fourth-order valence-electron chi connectivity index (χ4n) is 1.96. The van der Waals surface area contributed by atoms with Gasteiger partial charge in [0.25, 0.3) is 5.91 Å². The molecule has 1 rings (SSSR count). The van der Waals surface area contributed by atoms with E-state index in [1.54, 1.807) is 26.1 Å². The fraction of sp³-hybridized carbons (Fsp3) is 0.278. The minimum Gasteiger partial charge on any atom is -0.398 e. The van der Waals surface area contributed by atoms with Gasteiger partial charge in [0.1, 0.15) is 0 Å². The number of hydrogen-bond acceptors (Lipinski definition) is 4. The molecule has 0 aliphatic heterocycles. The second-order valence-electron chi connectivity index (χ2n) is 4.54. The number of nitrogen functional groups attached to an aromatic ring is 1. The third-order valence-corrected chi connectivity index (χ3v) is 3.48. The van der Waals surface area contributed by atoms with Crippen molar-refractivity contribution in [3.05, 3.63) is 51.8 Å². The highest BCUT2D eigenvalue weighted by Gasteiger charge is 2.23. The molecule has 5 nitrogen and oxygen atoms in total. The molecule has 1 amide bonds. The molecule has 0 radical (unpaired) electrons. The molecule has 130 valence electrons. The lowest BCUT2D eigenvalue weighted by atomic mass is 10.0. The summed E-state index contributed by atoms with van der Waals surface area (Å²) in [5.74, 6) is -0.446. The number of halogens is 1. The molecule has 0 aromatic heterocycles. The van der Waals surface area contributed by atoms with Gasteiger partial charge in [0.2, 0.25) is 0 Å². The van der Waals surface area contributed by atoms with Crippen molar-refractivity contribution >= 4 is 36.2 Å². The van der Waals surface area contributed by atoms with Crippen LogP contribution in [0.25, 0.3) is 0 Å². The summed E-state index contributed by atoms with van der Waals surface area (Å²) in [7, 11) is 1.57. The zero-order chi connectivity index (χ0) is 18.9. The molecule has 0 atom stereocenters. The van der Waals surface area contributed by atoms with Crippen molar-refractivity contribution in [3.63, 3.8) is 0 Å². The molecule has 0 heterocycles. The molecule has 0 fully saturated rings. The maximum atomic E-state index is 12.7. The molecule has 0 unspecified atom stereocenters. The van der Waals surface area contributed by atoms with Gasteiger partial charge in [-0.05, 0) is 38.8 Å². The first-order valence-electron chi connectivity index (χ1n) is 7.50. The molecule has 1 aromatic rings. The zero-order valence-corrected chi connectivity index (χ0v) is 15.5. The SMILES string of the molecule is C=N/C(C)=C(\C=C/C)N(C)C(=O)c1c(N)ccc(Cl)c1C=O.CC. The summed E-state index contributed by atoms with van der Waals surface area (Å²) in [6.07, 6.45) is 4.02. The molecule has 0 aliphatic carbocycles. The van der Waals surface area contributed by atoms with Crippen LogP contribution in [-0.4, -0.2) is 30.9 Å². The molecule has 6 heteroatoms. The lowest BCUT2D eigenvalue weighted by Gasteiger charge is -2.21. The maximum absolute atomic E-state index is 12.7. The number of aldehydes is 1. The first-order valence-corrected chi connectivity index (χ1v) is 7.88. The molecule has 0 aliphatic rings. The maximum Gasteiger partial charge on any atom is 0.260 e. The summed E-state index contributed by atoms with van der Waals surface area (Å²) >= 11 is 5.97. The predicted octanol–water partition coefficient (Wildman–Crippen LogP) is 4.34. The van der Waals surface area contributed by atoms with Crippen molar-refractivity contribution in [3.8, 4) is 0 Å². The summed E-state index contributed by atoms with van der Waals surface area (Å²) in [4.78, 5) is 29.2. The first kappa shape index (κ1) is 21.6. The van der Waals surface area contributed by atoms with Gasteiger partial charge in [-0.1, -0.05) is 31.5 Å². The minimum absolute atomic E-state index is 0.0718. The summed E-state index contributed by atoms with van der Waals surface area (Å²) in [6, 6.07) is 2.98. The number of carbonyl (C=O) groups is 2. The van der Waals surface area contributed by atoms with Crippen LogP contribution in [0, 0.1) is 0 Å². The second kappa shape index (κ2) is 10.4. The predicted molar refractivity (Wildman–Crippen MR) is 102 cm³/mol. The normalized spacial score (nSPS) is 11.2. The number of aliphatic imine (C=N–C) groups is 1. The number of rotatable bonds is 5.